The maximum absolute atomic E-state index is 6.18. The van der Waals surface area contributed by atoms with E-state index in [1.54, 1.807) is 0 Å². The van der Waals surface area contributed by atoms with Gasteiger partial charge in [-0.3, -0.25) is 0 Å². The fourth-order valence-electron chi connectivity index (χ4n) is 2.34. The van der Waals surface area contributed by atoms with E-state index in [0.717, 1.165) is 18.4 Å². The Morgan fingerprint density at radius 3 is 2.89 bits per heavy atom. The first kappa shape index (κ1) is 11.4. The Hall–Kier alpha value is -1.68. The van der Waals surface area contributed by atoms with Crippen LogP contribution in [0.25, 0.3) is 11.4 Å². The zero-order chi connectivity index (χ0) is 12.6. The van der Waals surface area contributed by atoms with Gasteiger partial charge in [-0.15, -0.1) is 0 Å². The molecule has 0 radical (unpaired) electrons. The van der Waals surface area contributed by atoms with Crippen LogP contribution in [0.2, 0.25) is 0 Å². The van der Waals surface area contributed by atoms with Crippen molar-refractivity contribution in [1.29, 1.82) is 0 Å². The van der Waals surface area contributed by atoms with E-state index in [9.17, 15) is 0 Å². The summed E-state index contributed by atoms with van der Waals surface area (Å²) in [7, 11) is 0. The lowest BCUT2D eigenvalue weighted by Gasteiger charge is -2.36. The van der Waals surface area contributed by atoms with Crippen LogP contribution in [0, 0.1) is 6.92 Å². The maximum atomic E-state index is 6.18. The fourth-order valence-corrected chi connectivity index (χ4v) is 2.34. The van der Waals surface area contributed by atoms with Crippen LogP contribution in [0.3, 0.4) is 0 Å². The number of nitrogens with two attached hydrogens (primary N) is 1. The van der Waals surface area contributed by atoms with Crippen LogP contribution in [0.15, 0.2) is 28.8 Å². The second-order valence-electron chi connectivity index (χ2n) is 5.27. The first-order chi connectivity index (χ1) is 8.65. The second kappa shape index (κ2) is 4.21. The number of aryl methyl sites for hydroxylation is 1. The monoisotopic (exact) mass is 243 g/mol. The van der Waals surface area contributed by atoms with Gasteiger partial charge in [0.25, 0.3) is 0 Å². The summed E-state index contributed by atoms with van der Waals surface area (Å²) in [6.45, 7) is 2.05. The minimum Gasteiger partial charge on any atom is -0.339 e. The molecule has 0 unspecified atom stereocenters. The number of rotatable bonds is 3. The highest BCUT2D eigenvalue weighted by molar-refractivity contribution is 5.55. The van der Waals surface area contributed by atoms with E-state index < -0.39 is 0 Å². The third kappa shape index (κ3) is 2.16. The Morgan fingerprint density at radius 2 is 2.22 bits per heavy atom. The van der Waals surface area contributed by atoms with Crippen molar-refractivity contribution in [2.45, 2.75) is 38.1 Å². The smallest absolute Gasteiger partial charge is 0.228 e. The Balaban J connectivity index is 1.81. The molecule has 0 amide bonds. The van der Waals surface area contributed by atoms with E-state index in [4.69, 9.17) is 10.3 Å². The summed E-state index contributed by atoms with van der Waals surface area (Å²) in [5.41, 5.74) is 8.24. The Labute approximate surface area is 106 Å². The largest absolute Gasteiger partial charge is 0.339 e. The number of hydrogen-bond donors (Lipinski definition) is 1. The van der Waals surface area contributed by atoms with Crippen LogP contribution < -0.4 is 5.73 Å². The van der Waals surface area contributed by atoms with Crippen molar-refractivity contribution < 1.29 is 4.52 Å². The highest BCUT2D eigenvalue weighted by Gasteiger charge is 2.34. The first-order valence-electron chi connectivity index (χ1n) is 6.33. The summed E-state index contributed by atoms with van der Waals surface area (Å²) >= 11 is 0. The van der Waals surface area contributed by atoms with Gasteiger partial charge in [-0.25, -0.2) is 0 Å². The van der Waals surface area contributed by atoms with Gasteiger partial charge in [0.1, 0.15) is 0 Å². The van der Waals surface area contributed by atoms with Gasteiger partial charge in [0.2, 0.25) is 11.7 Å². The average Bonchev–Trinajstić information content (AvgIpc) is 2.75. The molecular formula is C14H17N3O. The summed E-state index contributed by atoms with van der Waals surface area (Å²) in [4.78, 5) is 4.43. The lowest BCUT2D eigenvalue weighted by atomic mass is 9.75. The SMILES string of the molecule is Cc1cccc(-c2noc(CC3(N)CCC3)n2)c1. The Kier molecular flexibility index (Phi) is 2.67. The molecule has 4 nitrogen and oxygen atoms in total. The highest BCUT2D eigenvalue weighted by Crippen LogP contribution is 2.32. The predicted octanol–water partition coefficient (Wildman–Crippen LogP) is 2.47. The normalized spacial score (nSPS) is 17.4. The molecule has 1 aromatic heterocycles. The van der Waals surface area contributed by atoms with Gasteiger partial charge in [0.05, 0.1) is 0 Å². The van der Waals surface area contributed by atoms with E-state index in [1.807, 2.05) is 25.1 Å². The van der Waals surface area contributed by atoms with E-state index >= 15 is 0 Å². The first-order valence-corrected chi connectivity index (χ1v) is 6.33. The standard InChI is InChI=1S/C14H17N3O/c1-10-4-2-5-11(8-10)13-16-12(18-17-13)9-14(15)6-3-7-14/h2,4-5,8H,3,6-7,9,15H2,1H3. The van der Waals surface area contributed by atoms with Gasteiger partial charge in [-0.05, 0) is 32.3 Å². The minimum atomic E-state index is -0.115. The van der Waals surface area contributed by atoms with Crippen LogP contribution in [-0.2, 0) is 6.42 Å². The van der Waals surface area contributed by atoms with Crippen LogP contribution in [0.5, 0.6) is 0 Å². The van der Waals surface area contributed by atoms with Crippen LogP contribution in [0.1, 0.15) is 30.7 Å². The average molecular weight is 243 g/mol. The fraction of sp³-hybridized carbons (Fsp3) is 0.429. The van der Waals surface area contributed by atoms with Gasteiger partial charge in [-0.2, -0.15) is 4.98 Å². The lowest BCUT2D eigenvalue weighted by molar-refractivity contribution is 0.222. The van der Waals surface area contributed by atoms with Crippen LogP contribution in [-0.4, -0.2) is 15.7 Å². The molecule has 1 aliphatic rings. The van der Waals surface area contributed by atoms with E-state index in [1.165, 1.54) is 12.0 Å². The minimum absolute atomic E-state index is 0.115. The number of nitrogens with zero attached hydrogens (tertiary/aromatic N) is 2. The summed E-state index contributed by atoms with van der Waals surface area (Å²) < 4.78 is 5.29. The number of hydrogen-bond acceptors (Lipinski definition) is 4. The van der Waals surface area contributed by atoms with Crippen molar-refractivity contribution in [1.82, 2.24) is 10.1 Å². The van der Waals surface area contributed by atoms with Gasteiger partial charge < -0.3 is 10.3 Å². The maximum Gasteiger partial charge on any atom is 0.228 e. The molecule has 18 heavy (non-hydrogen) atoms. The van der Waals surface area contributed by atoms with E-state index in [2.05, 4.69) is 16.2 Å². The molecule has 1 aliphatic carbocycles. The Bertz CT molecular complexity index is 558. The second-order valence-corrected chi connectivity index (χ2v) is 5.27. The molecule has 3 rings (SSSR count). The molecule has 0 bridgehead atoms. The summed E-state index contributed by atoms with van der Waals surface area (Å²) in [6, 6.07) is 8.09. The van der Waals surface area contributed by atoms with Crippen molar-refractivity contribution in [2.24, 2.45) is 5.73 Å². The molecule has 2 aromatic rings. The third-order valence-corrected chi connectivity index (χ3v) is 3.60. The van der Waals surface area contributed by atoms with Crippen molar-refractivity contribution in [2.75, 3.05) is 0 Å². The van der Waals surface area contributed by atoms with Gasteiger partial charge >= 0.3 is 0 Å². The van der Waals surface area contributed by atoms with Crippen molar-refractivity contribution in [3.05, 3.63) is 35.7 Å². The van der Waals surface area contributed by atoms with Crippen molar-refractivity contribution in [3.8, 4) is 11.4 Å². The van der Waals surface area contributed by atoms with Crippen LogP contribution in [0.4, 0.5) is 0 Å². The molecule has 0 saturated heterocycles. The molecule has 94 valence electrons. The number of aromatic nitrogens is 2. The Morgan fingerprint density at radius 1 is 1.39 bits per heavy atom. The van der Waals surface area contributed by atoms with Gasteiger partial charge in [0.15, 0.2) is 0 Å². The van der Waals surface area contributed by atoms with E-state index in [0.29, 0.717) is 18.1 Å². The molecule has 1 heterocycles. The molecule has 2 N–H and O–H groups in total. The van der Waals surface area contributed by atoms with Crippen molar-refractivity contribution >= 4 is 0 Å². The van der Waals surface area contributed by atoms with Crippen molar-refractivity contribution in [3.63, 3.8) is 0 Å². The van der Waals surface area contributed by atoms with Crippen LogP contribution >= 0.6 is 0 Å². The molecule has 1 fully saturated rings. The molecule has 1 aromatic carbocycles. The predicted molar refractivity (Wildman–Crippen MR) is 68.9 cm³/mol. The molecular weight excluding hydrogens is 226 g/mol. The molecule has 0 aliphatic heterocycles. The zero-order valence-electron chi connectivity index (χ0n) is 10.5. The zero-order valence-corrected chi connectivity index (χ0v) is 10.5. The number of benzene rings is 1. The van der Waals surface area contributed by atoms with E-state index in [-0.39, 0.29) is 5.54 Å². The quantitative estimate of drug-likeness (QED) is 0.899. The highest BCUT2D eigenvalue weighted by atomic mass is 16.5. The molecule has 0 atom stereocenters. The summed E-state index contributed by atoms with van der Waals surface area (Å²) in [5.74, 6) is 1.30. The van der Waals surface area contributed by atoms with Gasteiger partial charge in [0, 0.05) is 17.5 Å². The molecule has 0 spiro atoms. The third-order valence-electron chi connectivity index (χ3n) is 3.60. The molecule has 1 saturated carbocycles. The summed E-state index contributed by atoms with van der Waals surface area (Å²) in [5, 5.41) is 4.03. The molecule has 4 heteroatoms. The lowest BCUT2D eigenvalue weighted by Crippen LogP contribution is -2.48. The summed E-state index contributed by atoms with van der Waals surface area (Å²) in [6.07, 6.45) is 3.99. The van der Waals surface area contributed by atoms with Gasteiger partial charge in [-0.1, -0.05) is 28.9 Å². The topological polar surface area (TPSA) is 64.9 Å².